The van der Waals surface area contributed by atoms with Crippen LogP contribution in [0.2, 0.25) is 4.34 Å². The molecule has 0 fully saturated rings. The number of methoxy groups -OCH3 is 1. The first-order valence-electron chi connectivity index (χ1n) is 6.10. The highest BCUT2D eigenvalue weighted by atomic mass is 35.5. The van der Waals surface area contributed by atoms with E-state index >= 15 is 0 Å². The van der Waals surface area contributed by atoms with Crippen molar-refractivity contribution >= 4 is 28.9 Å². The molecule has 0 saturated carbocycles. The summed E-state index contributed by atoms with van der Waals surface area (Å²) in [5.74, 6) is 0.956. The van der Waals surface area contributed by atoms with Crippen molar-refractivity contribution in [3.05, 3.63) is 44.5 Å². The Labute approximate surface area is 126 Å². The van der Waals surface area contributed by atoms with Crippen molar-refractivity contribution in [2.45, 2.75) is 20.0 Å². The van der Waals surface area contributed by atoms with Crippen molar-refractivity contribution in [3.63, 3.8) is 0 Å². The van der Waals surface area contributed by atoms with E-state index in [2.05, 4.69) is 4.90 Å². The number of ether oxygens (including phenoxy) is 1. The molecule has 0 spiro atoms. The van der Waals surface area contributed by atoms with Crippen molar-refractivity contribution in [2.75, 3.05) is 14.2 Å². The molecule has 0 aliphatic rings. The first kappa shape index (κ1) is 15.1. The zero-order chi connectivity index (χ0) is 14.7. The summed E-state index contributed by atoms with van der Waals surface area (Å²) in [6.07, 6.45) is 0. The molecule has 4 nitrogen and oxygen atoms in total. The second-order valence-electron chi connectivity index (χ2n) is 4.55. The highest BCUT2D eigenvalue weighted by Gasteiger charge is 2.16. The van der Waals surface area contributed by atoms with Gasteiger partial charge >= 0.3 is 5.97 Å². The Morgan fingerprint density at radius 3 is 2.80 bits per heavy atom. The van der Waals surface area contributed by atoms with Gasteiger partial charge in [0.25, 0.3) is 0 Å². The van der Waals surface area contributed by atoms with E-state index in [4.69, 9.17) is 20.8 Å². The Hall–Kier alpha value is -1.30. The second-order valence-corrected chi connectivity index (χ2v) is 6.35. The Morgan fingerprint density at radius 2 is 2.20 bits per heavy atom. The van der Waals surface area contributed by atoms with E-state index in [1.54, 1.807) is 24.3 Å². The third-order valence-electron chi connectivity index (χ3n) is 2.85. The fourth-order valence-electron chi connectivity index (χ4n) is 1.96. The van der Waals surface area contributed by atoms with E-state index in [0.29, 0.717) is 17.9 Å². The van der Waals surface area contributed by atoms with Crippen LogP contribution in [0.1, 0.15) is 26.8 Å². The summed E-state index contributed by atoms with van der Waals surface area (Å²) in [5.41, 5.74) is 0.482. The van der Waals surface area contributed by atoms with Crippen molar-refractivity contribution in [1.29, 1.82) is 0 Å². The average Bonchev–Trinajstić information content (AvgIpc) is 2.94. The van der Waals surface area contributed by atoms with Gasteiger partial charge in [-0.25, -0.2) is 4.79 Å². The van der Waals surface area contributed by atoms with Gasteiger partial charge in [-0.05, 0) is 32.2 Å². The van der Waals surface area contributed by atoms with E-state index in [-0.39, 0.29) is 5.97 Å². The fourth-order valence-corrected chi connectivity index (χ4v) is 3.13. The summed E-state index contributed by atoms with van der Waals surface area (Å²) in [4.78, 5) is 14.8. The van der Waals surface area contributed by atoms with Gasteiger partial charge in [-0.15, -0.1) is 11.3 Å². The lowest BCUT2D eigenvalue weighted by atomic mass is 10.2. The SMILES string of the molecule is COC(=O)c1cc(CN(C)Cc2ccc(Cl)s2)oc1C. The van der Waals surface area contributed by atoms with Gasteiger partial charge in [0.15, 0.2) is 0 Å². The molecule has 2 rings (SSSR count). The van der Waals surface area contributed by atoms with Gasteiger partial charge in [-0.3, -0.25) is 4.90 Å². The molecular formula is C14H16ClNO3S. The van der Waals surface area contributed by atoms with Crippen LogP contribution in [0.4, 0.5) is 0 Å². The van der Waals surface area contributed by atoms with Crippen LogP contribution in [-0.2, 0) is 17.8 Å². The van der Waals surface area contributed by atoms with Gasteiger partial charge in [-0.1, -0.05) is 11.6 Å². The predicted molar refractivity (Wildman–Crippen MR) is 79.3 cm³/mol. The summed E-state index contributed by atoms with van der Waals surface area (Å²) in [7, 11) is 3.35. The van der Waals surface area contributed by atoms with E-state index in [1.165, 1.54) is 12.0 Å². The van der Waals surface area contributed by atoms with Crippen LogP contribution in [0, 0.1) is 6.92 Å². The summed E-state index contributed by atoms with van der Waals surface area (Å²) < 4.78 is 11.1. The average molecular weight is 314 g/mol. The molecular weight excluding hydrogens is 298 g/mol. The molecule has 2 heterocycles. The standard InChI is InChI=1S/C14H16ClNO3S/c1-9-12(14(17)18-3)6-10(19-9)7-16(2)8-11-4-5-13(15)20-11/h4-6H,7-8H2,1-3H3. The largest absolute Gasteiger partial charge is 0.465 e. The van der Waals surface area contributed by atoms with Crippen molar-refractivity contribution in [2.24, 2.45) is 0 Å². The molecule has 6 heteroatoms. The van der Waals surface area contributed by atoms with E-state index in [0.717, 1.165) is 16.6 Å². The number of esters is 1. The van der Waals surface area contributed by atoms with Crippen LogP contribution < -0.4 is 0 Å². The molecule has 0 bridgehead atoms. The molecule has 0 saturated heterocycles. The quantitative estimate of drug-likeness (QED) is 0.789. The Balaban J connectivity index is 2.01. The third kappa shape index (κ3) is 3.62. The number of carbonyl (C=O) groups is 1. The topological polar surface area (TPSA) is 42.7 Å². The predicted octanol–water partition coefficient (Wildman–Crippen LogP) is 3.72. The number of thiophene rings is 1. The maximum atomic E-state index is 11.5. The minimum atomic E-state index is -0.370. The van der Waals surface area contributed by atoms with Gasteiger partial charge < -0.3 is 9.15 Å². The van der Waals surface area contributed by atoms with Gasteiger partial charge in [0.1, 0.15) is 17.1 Å². The Bertz CT molecular complexity index is 605. The lowest BCUT2D eigenvalue weighted by Crippen LogP contribution is -2.16. The first-order valence-corrected chi connectivity index (χ1v) is 7.29. The normalized spacial score (nSPS) is 11.1. The molecule has 0 N–H and O–H groups in total. The molecule has 0 aromatic carbocycles. The monoisotopic (exact) mass is 313 g/mol. The smallest absolute Gasteiger partial charge is 0.341 e. The van der Waals surface area contributed by atoms with Crippen LogP contribution >= 0.6 is 22.9 Å². The molecule has 108 valence electrons. The molecule has 0 unspecified atom stereocenters. The number of rotatable bonds is 5. The molecule has 20 heavy (non-hydrogen) atoms. The van der Waals surface area contributed by atoms with Crippen LogP contribution in [-0.4, -0.2) is 25.0 Å². The zero-order valence-electron chi connectivity index (χ0n) is 11.6. The lowest BCUT2D eigenvalue weighted by Gasteiger charge is -2.13. The highest BCUT2D eigenvalue weighted by Crippen LogP contribution is 2.23. The number of furan rings is 1. The van der Waals surface area contributed by atoms with Crippen molar-refractivity contribution in [3.8, 4) is 0 Å². The lowest BCUT2D eigenvalue weighted by molar-refractivity contribution is 0.0599. The molecule has 2 aromatic rings. The molecule has 0 radical (unpaired) electrons. The van der Waals surface area contributed by atoms with Gasteiger partial charge in [0.05, 0.1) is 18.0 Å². The molecule has 0 aliphatic carbocycles. The number of hydrogen-bond acceptors (Lipinski definition) is 5. The summed E-state index contributed by atoms with van der Waals surface area (Å²) >= 11 is 7.47. The number of hydrogen-bond donors (Lipinski definition) is 0. The molecule has 0 amide bonds. The van der Waals surface area contributed by atoms with Gasteiger partial charge in [0, 0.05) is 11.4 Å². The van der Waals surface area contributed by atoms with E-state index in [1.807, 2.05) is 19.2 Å². The minimum Gasteiger partial charge on any atom is -0.465 e. The van der Waals surface area contributed by atoms with E-state index in [9.17, 15) is 4.79 Å². The van der Waals surface area contributed by atoms with Crippen molar-refractivity contribution < 1.29 is 13.9 Å². The molecule has 0 atom stereocenters. The second kappa shape index (κ2) is 6.43. The Kier molecular flexibility index (Phi) is 4.86. The maximum Gasteiger partial charge on any atom is 0.341 e. The first-order chi connectivity index (χ1) is 9.49. The number of aryl methyl sites for hydroxylation is 1. The van der Waals surface area contributed by atoms with Crippen LogP contribution in [0.3, 0.4) is 0 Å². The van der Waals surface area contributed by atoms with Crippen LogP contribution in [0.5, 0.6) is 0 Å². The third-order valence-corrected chi connectivity index (χ3v) is 4.07. The summed E-state index contributed by atoms with van der Waals surface area (Å²) in [5, 5.41) is 0. The molecule has 0 aliphatic heterocycles. The minimum absolute atomic E-state index is 0.370. The maximum absolute atomic E-state index is 11.5. The summed E-state index contributed by atoms with van der Waals surface area (Å²) in [6, 6.07) is 5.64. The van der Waals surface area contributed by atoms with Gasteiger partial charge in [-0.2, -0.15) is 0 Å². The number of carbonyl (C=O) groups excluding carboxylic acids is 1. The zero-order valence-corrected chi connectivity index (χ0v) is 13.2. The fraction of sp³-hybridized carbons (Fsp3) is 0.357. The van der Waals surface area contributed by atoms with Crippen LogP contribution in [0.25, 0.3) is 0 Å². The number of nitrogens with zero attached hydrogens (tertiary/aromatic N) is 1. The van der Waals surface area contributed by atoms with E-state index < -0.39 is 0 Å². The van der Waals surface area contributed by atoms with Crippen LogP contribution in [0.15, 0.2) is 22.6 Å². The highest BCUT2D eigenvalue weighted by molar-refractivity contribution is 7.16. The van der Waals surface area contributed by atoms with Crippen molar-refractivity contribution in [1.82, 2.24) is 4.90 Å². The molecule has 2 aromatic heterocycles. The Morgan fingerprint density at radius 1 is 1.45 bits per heavy atom. The summed E-state index contributed by atoms with van der Waals surface area (Å²) in [6.45, 7) is 3.16. The number of halogens is 1. The van der Waals surface area contributed by atoms with Gasteiger partial charge in [0.2, 0.25) is 0 Å².